The molecule has 0 N–H and O–H groups in total. The molecule has 2 nitrogen and oxygen atoms in total. The van der Waals surface area contributed by atoms with Crippen LogP contribution < -0.4 is 9.47 Å². The standard InChI is InChI=1S/C28H26O2/c1-29-24-15-17-26(30-2)23(18-24)7-4-3-6-19-10-11-22-13-12-20-8-5-9-21-14-16-25(19)28(22)27(20)21/h5,8-18H,3-4,6-7H2,1-2H3. The van der Waals surface area contributed by atoms with Gasteiger partial charge in [-0.25, -0.2) is 0 Å². The van der Waals surface area contributed by atoms with E-state index in [9.17, 15) is 0 Å². The summed E-state index contributed by atoms with van der Waals surface area (Å²) < 4.78 is 10.9. The molecule has 30 heavy (non-hydrogen) atoms. The lowest BCUT2D eigenvalue weighted by Crippen LogP contribution is -1.96. The van der Waals surface area contributed by atoms with Crippen LogP contribution in [0.15, 0.2) is 72.8 Å². The summed E-state index contributed by atoms with van der Waals surface area (Å²) in [5, 5.41) is 8.20. The molecule has 150 valence electrons. The lowest BCUT2D eigenvalue weighted by atomic mass is 9.90. The zero-order valence-electron chi connectivity index (χ0n) is 17.6. The van der Waals surface area contributed by atoms with Gasteiger partial charge in [-0.2, -0.15) is 0 Å². The summed E-state index contributed by atoms with van der Waals surface area (Å²) in [6.07, 6.45) is 4.34. The van der Waals surface area contributed by atoms with Gasteiger partial charge in [-0.1, -0.05) is 54.6 Å². The van der Waals surface area contributed by atoms with Crippen LogP contribution in [0, 0.1) is 0 Å². The van der Waals surface area contributed by atoms with Crippen molar-refractivity contribution in [3.05, 3.63) is 83.9 Å². The van der Waals surface area contributed by atoms with Crippen molar-refractivity contribution in [3.63, 3.8) is 0 Å². The van der Waals surface area contributed by atoms with Crippen molar-refractivity contribution in [2.45, 2.75) is 25.7 Å². The second-order valence-corrected chi connectivity index (χ2v) is 7.97. The van der Waals surface area contributed by atoms with Gasteiger partial charge in [0.2, 0.25) is 0 Å². The molecule has 0 aliphatic rings. The van der Waals surface area contributed by atoms with Crippen molar-refractivity contribution in [1.82, 2.24) is 0 Å². The molecule has 0 fully saturated rings. The third-order valence-corrected chi connectivity index (χ3v) is 6.25. The maximum Gasteiger partial charge on any atom is 0.122 e. The summed E-state index contributed by atoms with van der Waals surface area (Å²) in [4.78, 5) is 0. The molecule has 0 radical (unpaired) electrons. The molecule has 0 saturated heterocycles. The van der Waals surface area contributed by atoms with Gasteiger partial charge in [0.25, 0.3) is 0 Å². The highest BCUT2D eigenvalue weighted by Crippen LogP contribution is 2.36. The monoisotopic (exact) mass is 394 g/mol. The SMILES string of the molecule is COc1ccc(OC)c(CCCCc2ccc3ccc4cccc5ccc2c3c45)c1. The van der Waals surface area contributed by atoms with Gasteiger partial charge in [0.1, 0.15) is 11.5 Å². The molecule has 5 rings (SSSR count). The summed E-state index contributed by atoms with van der Waals surface area (Å²) in [7, 11) is 3.44. The molecule has 0 aliphatic carbocycles. The lowest BCUT2D eigenvalue weighted by molar-refractivity contribution is 0.398. The van der Waals surface area contributed by atoms with Crippen LogP contribution in [0.1, 0.15) is 24.0 Å². The number of benzene rings is 5. The van der Waals surface area contributed by atoms with Gasteiger partial charge in [0.05, 0.1) is 14.2 Å². The van der Waals surface area contributed by atoms with Crippen molar-refractivity contribution in [2.24, 2.45) is 0 Å². The Balaban J connectivity index is 1.39. The third kappa shape index (κ3) is 3.23. The predicted molar refractivity (Wildman–Crippen MR) is 126 cm³/mol. The van der Waals surface area contributed by atoms with Gasteiger partial charge < -0.3 is 9.47 Å². The fraction of sp³-hybridized carbons (Fsp3) is 0.214. The maximum absolute atomic E-state index is 5.53. The molecule has 2 heteroatoms. The summed E-state index contributed by atoms with van der Waals surface area (Å²) in [6.45, 7) is 0. The Morgan fingerprint density at radius 3 is 2.00 bits per heavy atom. The van der Waals surface area contributed by atoms with Crippen LogP contribution in [-0.4, -0.2) is 14.2 Å². The minimum Gasteiger partial charge on any atom is -0.497 e. The van der Waals surface area contributed by atoms with Gasteiger partial charge in [0.15, 0.2) is 0 Å². The summed E-state index contributed by atoms with van der Waals surface area (Å²) >= 11 is 0. The number of ether oxygens (including phenoxy) is 2. The number of unbranched alkanes of at least 4 members (excludes halogenated alkanes) is 1. The van der Waals surface area contributed by atoms with E-state index in [4.69, 9.17) is 9.47 Å². The average Bonchev–Trinajstić information content (AvgIpc) is 2.80. The molecule has 0 aromatic heterocycles. The lowest BCUT2D eigenvalue weighted by Gasteiger charge is -2.14. The van der Waals surface area contributed by atoms with Crippen molar-refractivity contribution >= 4 is 32.3 Å². The van der Waals surface area contributed by atoms with Crippen molar-refractivity contribution in [2.75, 3.05) is 14.2 Å². The zero-order chi connectivity index (χ0) is 20.5. The van der Waals surface area contributed by atoms with E-state index in [0.29, 0.717) is 0 Å². The smallest absolute Gasteiger partial charge is 0.122 e. The largest absolute Gasteiger partial charge is 0.497 e. The van der Waals surface area contributed by atoms with Crippen LogP contribution in [0.2, 0.25) is 0 Å². The molecule has 0 saturated carbocycles. The molecular weight excluding hydrogens is 368 g/mol. The van der Waals surface area contributed by atoms with Crippen LogP contribution in [0.3, 0.4) is 0 Å². The quantitative estimate of drug-likeness (QED) is 0.215. The number of hydrogen-bond acceptors (Lipinski definition) is 2. The first-order chi connectivity index (χ1) is 14.8. The van der Waals surface area contributed by atoms with Crippen LogP contribution in [0.4, 0.5) is 0 Å². The Hall–Kier alpha value is -3.26. The van der Waals surface area contributed by atoms with Gasteiger partial charge in [0, 0.05) is 0 Å². The second-order valence-electron chi connectivity index (χ2n) is 7.97. The van der Waals surface area contributed by atoms with E-state index < -0.39 is 0 Å². The second kappa shape index (κ2) is 7.87. The summed E-state index contributed by atoms with van der Waals surface area (Å²) in [5.41, 5.74) is 2.66. The minimum atomic E-state index is 0.887. The Bertz CT molecular complexity index is 1300. The summed E-state index contributed by atoms with van der Waals surface area (Å²) in [6, 6.07) is 26.3. The predicted octanol–water partition coefficient (Wildman–Crippen LogP) is 7.17. The number of aryl methyl sites for hydroxylation is 2. The van der Waals surface area contributed by atoms with E-state index in [-0.39, 0.29) is 0 Å². The average molecular weight is 395 g/mol. The number of rotatable bonds is 7. The first-order valence-electron chi connectivity index (χ1n) is 10.6. The number of methoxy groups -OCH3 is 2. The molecule has 0 heterocycles. The normalized spacial score (nSPS) is 11.5. The van der Waals surface area contributed by atoms with Crippen LogP contribution in [-0.2, 0) is 12.8 Å². The highest BCUT2D eigenvalue weighted by Gasteiger charge is 2.11. The van der Waals surface area contributed by atoms with Gasteiger partial charge in [-0.05, 0) is 87.3 Å². The van der Waals surface area contributed by atoms with E-state index in [1.54, 1.807) is 14.2 Å². The molecule has 5 aromatic carbocycles. The third-order valence-electron chi connectivity index (χ3n) is 6.25. The van der Waals surface area contributed by atoms with Crippen LogP contribution in [0.5, 0.6) is 11.5 Å². The van der Waals surface area contributed by atoms with Crippen LogP contribution >= 0.6 is 0 Å². The molecular formula is C28H26O2. The van der Waals surface area contributed by atoms with E-state index >= 15 is 0 Å². The molecule has 0 amide bonds. The zero-order valence-corrected chi connectivity index (χ0v) is 17.6. The molecule has 0 unspecified atom stereocenters. The topological polar surface area (TPSA) is 18.5 Å². The minimum absolute atomic E-state index is 0.887. The molecule has 5 aromatic rings. The van der Waals surface area contributed by atoms with Crippen LogP contribution in [0.25, 0.3) is 32.3 Å². The first kappa shape index (κ1) is 18.7. The van der Waals surface area contributed by atoms with Crippen molar-refractivity contribution in [3.8, 4) is 11.5 Å². The van der Waals surface area contributed by atoms with E-state index in [1.807, 2.05) is 12.1 Å². The Labute approximate surface area is 177 Å². The molecule has 0 aliphatic heterocycles. The fourth-order valence-corrected chi connectivity index (χ4v) is 4.72. The fourth-order valence-electron chi connectivity index (χ4n) is 4.72. The van der Waals surface area contributed by atoms with E-state index in [2.05, 4.69) is 60.7 Å². The Kier molecular flexibility index (Phi) is 4.92. The van der Waals surface area contributed by atoms with Gasteiger partial charge >= 0.3 is 0 Å². The first-order valence-corrected chi connectivity index (χ1v) is 10.6. The molecule has 0 atom stereocenters. The molecule has 0 bridgehead atoms. The Morgan fingerprint density at radius 2 is 1.27 bits per heavy atom. The highest BCUT2D eigenvalue weighted by molar-refractivity contribution is 6.23. The summed E-state index contributed by atoms with van der Waals surface area (Å²) in [5.74, 6) is 1.83. The highest BCUT2D eigenvalue weighted by atomic mass is 16.5. The number of hydrogen-bond donors (Lipinski definition) is 0. The maximum atomic E-state index is 5.53. The Morgan fingerprint density at radius 1 is 0.600 bits per heavy atom. The van der Waals surface area contributed by atoms with E-state index in [0.717, 1.165) is 37.2 Å². The molecule has 0 spiro atoms. The van der Waals surface area contributed by atoms with Crippen molar-refractivity contribution < 1.29 is 9.47 Å². The van der Waals surface area contributed by atoms with Gasteiger partial charge in [-0.3, -0.25) is 0 Å². The van der Waals surface area contributed by atoms with E-state index in [1.165, 1.54) is 43.4 Å². The van der Waals surface area contributed by atoms with Crippen molar-refractivity contribution in [1.29, 1.82) is 0 Å². The van der Waals surface area contributed by atoms with Gasteiger partial charge in [-0.15, -0.1) is 0 Å².